The third-order valence-corrected chi connectivity index (χ3v) is 0. The smallest absolute Gasteiger partial charge is 1.00 e. The van der Waals surface area contributed by atoms with Crippen molar-refractivity contribution in [3.8, 4) is 0 Å². The molecule has 0 aliphatic heterocycles. The third-order valence-electron chi connectivity index (χ3n) is 0. The summed E-state index contributed by atoms with van der Waals surface area (Å²) in [7, 11) is 0. The normalized spacial score (nSPS) is 0. The Kier molecular flexibility index (Phi) is 194. The van der Waals surface area contributed by atoms with Crippen LogP contribution in [0.1, 0.15) is 4.28 Å². The quantitative estimate of drug-likeness (QED) is 0.362. The van der Waals surface area contributed by atoms with Gasteiger partial charge in [0, 0.05) is 52.2 Å². The van der Waals surface area contributed by atoms with E-state index in [1.54, 1.807) is 0 Å². The molecule has 0 aromatic carbocycles. The van der Waals surface area contributed by atoms with Gasteiger partial charge < -0.3 is 4.28 Å². The summed E-state index contributed by atoms with van der Waals surface area (Å²) in [5, 5.41) is 0. The van der Waals surface area contributed by atoms with E-state index in [1.165, 1.54) is 0 Å². The van der Waals surface area contributed by atoms with Crippen molar-refractivity contribution in [3.63, 3.8) is 0 Å². The zero-order chi connectivity index (χ0) is 0. The Morgan fingerprint density at radius 2 is 1.20 bits per heavy atom. The van der Waals surface area contributed by atoms with Crippen LogP contribution >= 0.6 is 0 Å². The van der Waals surface area contributed by atoms with Crippen molar-refractivity contribution >= 4 is 40.4 Å². The van der Waals surface area contributed by atoms with Crippen molar-refractivity contribution < 1.29 is 75.3 Å². The maximum Gasteiger partial charge on any atom is 2.00 e. The molecule has 0 rings (SSSR count). The third kappa shape index (κ3) is 18.4. The molecule has 0 aliphatic carbocycles. The maximum absolute atomic E-state index is 0. The van der Waals surface area contributed by atoms with E-state index in [2.05, 4.69) is 0 Å². The van der Waals surface area contributed by atoms with Gasteiger partial charge in [-0.15, -0.1) is 0 Å². The van der Waals surface area contributed by atoms with Crippen molar-refractivity contribution in [2.75, 3.05) is 0 Å². The number of hydrogen-bond acceptors (Lipinski definition) is 0. The molecule has 1 radical (unpaired) electrons. The van der Waals surface area contributed by atoms with Crippen molar-refractivity contribution in [2.45, 2.75) is 0 Å². The van der Waals surface area contributed by atoms with E-state index in [0.29, 0.717) is 0 Å². The largest absolute Gasteiger partial charge is 2.00 e. The molecule has 0 bridgehead atoms. The predicted octanol–water partition coefficient (Wildman–Crippen LogP) is -4.23. The van der Waals surface area contributed by atoms with E-state index in [1.807, 2.05) is 0 Å². The zero-order valence-corrected chi connectivity index (χ0v) is 10.2. The van der Waals surface area contributed by atoms with Gasteiger partial charge in [0.25, 0.3) is 0 Å². The van der Waals surface area contributed by atoms with E-state index in [4.69, 9.17) is 0 Å². The summed E-state index contributed by atoms with van der Waals surface area (Å²) in [6.07, 6.45) is 0. The van der Waals surface area contributed by atoms with Crippen LogP contribution in [0.4, 0.5) is 0 Å². The van der Waals surface area contributed by atoms with Gasteiger partial charge in [0.05, 0.1) is 0 Å². The van der Waals surface area contributed by atoms with Crippen LogP contribution in [-0.2, 0) is 52.2 Å². The van der Waals surface area contributed by atoms with E-state index in [-0.39, 0.29) is 116 Å². The van der Waals surface area contributed by atoms with Crippen molar-refractivity contribution in [1.82, 2.24) is 0 Å². The second-order valence-corrected chi connectivity index (χ2v) is 0. The van der Waals surface area contributed by atoms with Gasteiger partial charge in [-0.2, -0.15) is 0 Å². The molecule has 0 atom stereocenters. The molecule has 0 fully saturated rings. The van der Waals surface area contributed by atoms with E-state index < -0.39 is 0 Å². The Morgan fingerprint density at radius 3 is 1.20 bits per heavy atom. The molecule has 0 unspecified atom stereocenters. The minimum Gasteiger partial charge on any atom is -1.00 e. The molecule has 0 spiro atoms. The standard InChI is InChI=1S/Al.Li.Mg.Y.Zn.6H/q;+1;+2;;;;;;3*-1. The summed E-state index contributed by atoms with van der Waals surface area (Å²) >= 11 is 0. The van der Waals surface area contributed by atoms with Gasteiger partial charge in [0.2, 0.25) is 0 Å². The summed E-state index contributed by atoms with van der Waals surface area (Å²) in [5.41, 5.74) is 0. The first-order valence-corrected chi connectivity index (χ1v) is 0. The molecule has 0 aliphatic rings. The van der Waals surface area contributed by atoms with Crippen LogP contribution in [0.2, 0.25) is 0 Å². The Labute approximate surface area is 114 Å². The molecule has 0 saturated heterocycles. The first kappa shape index (κ1) is 38.2. The Bertz CT molecular complexity index is 19.2. The van der Waals surface area contributed by atoms with Gasteiger partial charge in [0.15, 0.2) is 17.4 Å². The van der Waals surface area contributed by atoms with Crippen molar-refractivity contribution in [1.29, 1.82) is 0 Å². The molecular weight excluding hydrogens is 213 g/mol. The van der Waals surface area contributed by atoms with Crippen LogP contribution in [0.3, 0.4) is 0 Å². The fourth-order valence-corrected chi connectivity index (χ4v) is 0. The zero-order valence-electron chi connectivity index (χ0n) is 5.99. The van der Waals surface area contributed by atoms with Gasteiger partial charge in [0.1, 0.15) is 0 Å². The minimum atomic E-state index is 0. The van der Waals surface area contributed by atoms with Crippen LogP contribution in [-0.4, -0.2) is 40.4 Å². The fourth-order valence-electron chi connectivity index (χ4n) is 0. The Morgan fingerprint density at radius 1 is 1.20 bits per heavy atom. The second-order valence-electron chi connectivity index (χ2n) is 0. The van der Waals surface area contributed by atoms with Crippen molar-refractivity contribution in [2.24, 2.45) is 0 Å². The van der Waals surface area contributed by atoms with E-state index in [0.717, 1.165) is 0 Å². The van der Waals surface area contributed by atoms with E-state index >= 15 is 0 Å². The molecule has 5 heteroatoms. The molecule has 5 heavy (non-hydrogen) atoms. The summed E-state index contributed by atoms with van der Waals surface area (Å²) in [6.45, 7) is 0. The first-order chi connectivity index (χ1) is 0. The summed E-state index contributed by atoms with van der Waals surface area (Å²) in [6, 6.07) is 0. The topological polar surface area (TPSA) is 0 Å². The van der Waals surface area contributed by atoms with Crippen LogP contribution < -0.4 is 18.9 Å². The Hall–Kier alpha value is 3.62. The van der Waals surface area contributed by atoms with Gasteiger partial charge in [-0.1, -0.05) is 0 Å². The maximum atomic E-state index is 0. The second kappa shape index (κ2) is 25.5. The molecule has 0 nitrogen and oxygen atoms in total. The molecule has 0 saturated carbocycles. The number of rotatable bonds is 0. The van der Waals surface area contributed by atoms with Gasteiger partial charge in [-0.3, -0.25) is 0 Å². The molecule has 0 aromatic heterocycles. The molecular formula is H6AlLiMgYZn. The molecule has 0 aromatic rings. The monoisotopic (exact) mass is 217 g/mol. The molecule has 0 heterocycles. The summed E-state index contributed by atoms with van der Waals surface area (Å²) < 4.78 is 0. The van der Waals surface area contributed by atoms with Gasteiger partial charge in [-0.25, -0.2) is 0 Å². The predicted molar refractivity (Wildman–Crippen MR) is 19.0 cm³/mol. The minimum absolute atomic E-state index is 0. The molecule has 17 valence electrons. The molecule has 0 amide bonds. The van der Waals surface area contributed by atoms with Crippen LogP contribution in [0.25, 0.3) is 0 Å². The average molecular weight is 219 g/mol. The summed E-state index contributed by atoms with van der Waals surface area (Å²) in [4.78, 5) is 0. The first-order valence-electron chi connectivity index (χ1n) is 0. The fraction of sp³-hybridized carbons (Fsp3) is 0. The van der Waals surface area contributed by atoms with Crippen LogP contribution in [0, 0.1) is 0 Å². The Balaban J connectivity index is 0. The van der Waals surface area contributed by atoms with Crippen LogP contribution in [0.15, 0.2) is 0 Å². The van der Waals surface area contributed by atoms with Crippen LogP contribution in [0.5, 0.6) is 0 Å². The number of hydrogen-bond donors (Lipinski definition) is 0. The molecule has 0 N–H and O–H groups in total. The van der Waals surface area contributed by atoms with Crippen molar-refractivity contribution in [3.05, 3.63) is 0 Å². The summed E-state index contributed by atoms with van der Waals surface area (Å²) in [5.74, 6) is 0. The SMILES string of the molecule is [AlH3].[H-].[H-].[H-].[Li+].[Mg+2].[Y].[Zn]. The van der Waals surface area contributed by atoms with Gasteiger partial charge in [-0.05, 0) is 0 Å². The average Bonchev–Trinajstić information content (AvgIpc) is 0. The van der Waals surface area contributed by atoms with E-state index in [9.17, 15) is 0 Å². The van der Waals surface area contributed by atoms with Gasteiger partial charge >= 0.3 is 41.9 Å².